The molecular weight excluding hydrogens is 336 g/mol. The Morgan fingerprint density at radius 2 is 2.05 bits per heavy atom. The topological polar surface area (TPSA) is 42.0 Å². The zero-order chi connectivity index (χ0) is 15.4. The summed E-state index contributed by atoms with van der Waals surface area (Å²) in [5, 5.41) is 3.63. The number of hydrogen-bond donors (Lipinski definition) is 1. The summed E-state index contributed by atoms with van der Waals surface area (Å²) in [5.41, 5.74) is 3.51. The van der Waals surface area contributed by atoms with Crippen LogP contribution in [0, 0.1) is 0 Å². The van der Waals surface area contributed by atoms with E-state index in [1.807, 2.05) is 42.5 Å². The summed E-state index contributed by atoms with van der Waals surface area (Å²) in [6.45, 7) is 0. The number of carbonyl (C=O) groups is 1. The molecule has 0 atom stereocenters. The molecule has 2 aromatic carbocycles. The highest BCUT2D eigenvalue weighted by Crippen LogP contribution is 2.23. The first-order valence-electron chi connectivity index (χ1n) is 6.72. The van der Waals surface area contributed by atoms with Crippen molar-refractivity contribution in [3.8, 4) is 0 Å². The molecule has 3 aromatic rings. The van der Waals surface area contributed by atoms with Gasteiger partial charge >= 0.3 is 0 Å². The Hall–Kier alpha value is -1.56. The number of nitrogens with zero attached hydrogens (tertiary/aromatic N) is 1. The molecule has 0 bridgehead atoms. The lowest BCUT2D eigenvalue weighted by molar-refractivity contribution is -0.115. The third kappa shape index (κ3) is 4.00. The molecule has 0 fully saturated rings. The first-order valence-corrected chi connectivity index (χ1v) is 8.96. The van der Waals surface area contributed by atoms with Gasteiger partial charge in [-0.3, -0.25) is 4.79 Å². The van der Waals surface area contributed by atoms with Crippen molar-refractivity contribution < 1.29 is 4.79 Å². The van der Waals surface area contributed by atoms with E-state index >= 15 is 0 Å². The van der Waals surface area contributed by atoms with E-state index in [0.717, 1.165) is 31.6 Å². The Morgan fingerprint density at radius 3 is 2.86 bits per heavy atom. The SMILES string of the molecule is O=C(CCSc1ccc(Cl)cc1)Nc1ccc2scnc2c1. The number of nitrogens with one attached hydrogen (secondary N) is 1. The number of anilines is 1. The second-order valence-corrected chi connectivity index (χ2v) is 7.13. The molecule has 0 unspecified atom stereocenters. The third-order valence-corrected chi connectivity index (χ3v) is 5.10. The lowest BCUT2D eigenvalue weighted by Gasteiger charge is -2.05. The maximum Gasteiger partial charge on any atom is 0.225 e. The Kier molecular flexibility index (Phi) is 4.97. The molecule has 0 saturated heterocycles. The highest BCUT2D eigenvalue weighted by Gasteiger charge is 2.05. The normalized spacial score (nSPS) is 10.8. The summed E-state index contributed by atoms with van der Waals surface area (Å²) < 4.78 is 1.12. The average molecular weight is 349 g/mol. The van der Waals surface area contributed by atoms with Gasteiger partial charge in [0.25, 0.3) is 0 Å². The monoisotopic (exact) mass is 348 g/mol. The molecule has 0 aliphatic rings. The number of aromatic nitrogens is 1. The fraction of sp³-hybridized carbons (Fsp3) is 0.125. The predicted octanol–water partition coefficient (Wildman–Crippen LogP) is 5.07. The number of fused-ring (bicyclic) bond motifs is 1. The van der Waals surface area contributed by atoms with Gasteiger partial charge in [0.2, 0.25) is 5.91 Å². The molecule has 3 nitrogen and oxygen atoms in total. The smallest absolute Gasteiger partial charge is 0.225 e. The summed E-state index contributed by atoms with van der Waals surface area (Å²) in [7, 11) is 0. The minimum Gasteiger partial charge on any atom is -0.326 e. The summed E-state index contributed by atoms with van der Waals surface area (Å²) in [4.78, 5) is 17.3. The van der Waals surface area contributed by atoms with Crippen molar-refractivity contribution in [1.29, 1.82) is 0 Å². The molecule has 1 amide bonds. The number of halogens is 1. The van der Waals surface area contributed by atoms with Gasteiger partial charge in [0.1, 0.15) is 0 Å². The maximum atomic E-state index is 12.0. The van der Waals surface area contributed by atoms with E-state index < -0.39 is 0 Å². The van der Waals surface area contributed by atoms with Gasteiger partial charge in [-0.1, -0.05) is 11.6 Å². The molecule has 22 heavy (non-hydrogen) atoms. The molecule has 3 rings (SSSR count). The van der Waals surface area contributed by atoms with E-state index in [9.17, 15) is 4.79 Å². The number of benzene rings is 2. The average Bonchev–Trinajstić information content (AvgIpc) is 2.97. The Morgan fingerprint density at radius 1 is 1.23 bits per heavy atom. The standard InChI is InChI=1S/C16H13ClN2OS2/c17-11-1-4-13(5-2-11)21-8-7-16(20)19-12-3-6-15-14(9-12)18-10-22-15/h1-6,9-10H,7-8H2,(H,19,20). The van der Waals surface area contributed by atoms with Crippen LogP contribution in [0.4, 0.5) is 5.69 Å². The molecule has 0 aliphatic heterocycles. The molecular formula is C16H13ClN2OS2. The summed E-state index contributed by atoms with van der Waals surface area (Å²) in [6, 6.07) is 13.4. The molecule has 0 aliphatic carbocycles. The van der Waals surface area contributed by atoms with Crippen LogP contribution >= 0.6 is 34.7 Å². The highest BCUT2D eigenvalue weighted by atomic mass is 35.5. The van der Waals surface area contributed by atoms with Crippen molar-refractivity contribution in [3.05, 3.63) is 53.0 Å². The van der Waals surface area contributed by atoms with Gasteiger partial charge in [-0.25, -0.2) is 4.98 Å². The number of amides is 1. The highest BCUT2D eigenvalue weighted by molar-refractivity contribution is 7.99. The van der Waals surface area contributed by atoms with Crippen molar-refractivity contribution in [2.45, 2.75) is 11.3 Å². The van der Waals surface area contributed by atoms with Crippen molar-refractivity contribution in [3.63, 3.8) is 0 Å². The third-order valence-electron chi connectivity index (χ3n) is 3.03. The van der Waals surface area contributed by atoms with Crippen LogP contribution in [-0.4, -0.2) is 16.6 Å². The molecule has 1 N–H and O–H groups in total. The Labute approximate surface area is 141 Å². The van der Waals surface area contributed by atoms with Crippen LogP contribution in [0.3, 0.4) is 0 Å². The fourth-order valence-electron chi connectivity index (χ4n) is 1.95. The van der Waals surface area contributed by atoms with Gasteiger partial charge in [0.15, 0.2) is 0 Å². The van der Waals surface area contributed by atoms with E-state index in [1.165, 1.54) is 0 Å². The van der Waals surface area contributed by atoms with E-state index in [4.69, 9.17) is 11.6 Å². The zero-order valence-corrected chi connectivity index (χ0v) is 14.0. The van der Waals surface area contributed by atoms with Gasteiger partial charge < -0.3 is 5.32 Å². The van der Waals surface area contributed by atoms with Crippen LogP contribution in [-0.2, 0) is 4.79 Å². The molecule has 1 heterocycles. The van der Waals surface area contributed by atoms with Crippen LogP contribution in [0.15, 0.2) is 52.9 Å². The van der Waals surface area contributed by atoms with Crippen molar-refractivity contribution in [2.75, 3.05) is 11.1 Å². The lowest BCUT2D eigenvalue weighted by atomic mass is 10.3. The maximum absolute atomic E-state index is 12.0. The van der Waals surface area contributed by atoms with Crippen LogP contribution in [0.5, 0.6) is 0 Å². The Balaban J connectivity index is 1.50. The van der Waals surface area contributed by atoms with E-state index in [0.29, 0.717) is 6.42 Å². The zero-order valence-electron chi connectivity index (χ0n) is 11.6. The molecule has 0 spiro atoms. The lowest BCUT2D eigenvalue weighted by Crippen LogP contribution is -2.12. The van der Waals surface area contributed by atoms with Crippen LogP contribution < -0.4 is 5.32 Å². The Bertz CT molecular complexity index is 786. The summed E-state index contributed by atoms with van der Waals surface area (Å²) in [5.74, 6) is 0.739. The van der Waals surface area contributed by atoms with E-state index in [2.05, 4.69) is 10.3 Å². The molecule has 6 heteroatoms. The number of carbonyl (C=O) groups excluding carboxylic acids is 1. The molecule has 0 radical (unpaired) electrons. The minimum atomic E-state index is 0.0102. The van der Waals surface area contributed by atoms with Crippen molar-refractivity contribution >= 4 is 56.5 Å². The van der Waals surface area contributed by atoms with E-state index in [1.54, 1.807) is 28.6 Å². The first-order chi connectivity index (χ1) is 10.7. The van der Waals surface area contributed by atoms with Gasteiger partial charge in [0, 0.05) is 27.8 Å². The first kappa shape index (κ1) is 15.3. The van der Waals surface area contributed by atoms with Gasteiger partial charge in [0.05, 0.1) is 15.7 Å². The number of rotatable bonds is 5. The summed E-state index contributed by atoms with van der Waals surface area (Å²) >= 11 is 9.07. The summed E-state index contributed by atoms with van der Waals surface area (Å²) in [6.07, 6.45) is 0.461. The van der Waals surface area contributed by atoms with Gasteiger partial charge in [-0.05, 0) is 42.5 Å². The quantitative estimate of drug-likeness (QED) is 0.654. The number of thiazole rings is 1. The van der Waals surface area contributed by atoms with Crippen molar-refractivity contribution in [2.24, 2.45) is 0 Å². The van der Waals surface area contributed by atoms with Gasteiger partial charge in [-0.2, -0.15) is 0 Å². The minimum absolute atomic E-state index is 0.0102. The van der Waals surface area contributed by atoms with Crippen LogP contribution in [0.2, 0.25) is 5.02 Å². The molecule has 1 aromatic heterocycles. The number of hydrogen-bond acceptors (Lipinski definition) is 4. The molecule has 112 valence electrons. The van der Waals surface area contributed by atoms with Gasteiger partial charge in [-0.15, -0.1) is 23.1 Å². The van der Waals surface area contributed by atoms with E-state index in [-0.39, 0.29) is 5.91 Å². The number of thioether (sulfide) groups is 1. The van der Waals surface area contributed by atoms with Crippen molar-refractivity contribution in [1.82, 2.24) is 4.98 Å². The van der Waals surface area contributed by atoms with Crippen LogP contribution in [0.25, 0.3) is 10.2 Å². The second-order valence-electron chi connectivity index (χ2n) is 4.64. The second kappa shape index (κ2) is 7.13. The fourth-order valence-corrected chi connectivity index (χ4v) is 3.59. The predicted molar refractivity (Wildman–Crippen MR) is 95.0 cm³/mol. The molecule has 0 saturated carbocycles. The van der Waals surface area contributed by atoms with Crippen LogP contribution in [0.1, 0.15) is 6.42 Å². The largest absolute Gasteiger partial charge is 0.326 e.